The van der Waals surface area contributed by atoms with Crippen molar-refractivity contribution >= 4 is 12.1 Å². The Bertz CT molecular complexity index is 859. The van der Waals surface area contributed by atoms with Crippen molar-refractivity contribution in [3.8, 4) is 5.82 Å². The number of nitrogens with one attached hydrogen (secondary N) is 1. The van der Waals surface area contributed by atoms with Gasteiger partial charge in [0.15, 0.2) is 0 Å². The molecule has 1 saturated carbocycles. The molecular weight excluding hydrogens is 372 g/mol. The number of nitrogens with zero attached hydrogens (tertiary/aromatic N) is 3. The first kappa shape index (κ1) is 20.8. The van der Waals surface area contributed by atoms with E-state index in [1.165, 1.54) is 7.11 Å². The molecule has 29 heavy (non-hydrogen) atoms. The van der Waals surface area contributed by atoms with E-state index in [1.807, 2.05) is 45.2 Å². The maximum atomic E-state index is 12.6. The molecule has 1 aliphatic carbocycles. The lowest BCUT2D eigenvalue weighted by molar-refractivity contribution is -0.144. The van der Waals surface area contributed by atoms with Crippen LogP contribution < -0.4 is 5.32 Å². The molecule has 0 bridgehead atoms. The first-order chi connectivity index (χ1) is 13.8. The van der Waals surface area contributed by atoms with Crippen LogP contribution in [-0.2, 0) is 19.7 Å². The summed E-state index contributed by atoms with van der Waals surface area (Å²) in [6.45, 7) is 5.97. The van der Waals surface area contributed by atoms with Crippen molar-refractivity contribution in [2.24, 2.45) is 5.92 Å². The van der Waals surface area contributed by atoms with Gasteiger partial charge in [0.2, 0.25) is 0 Å². The largest absolute Gasteiger partial charge is 0.468 e. The number of pyridine rings is 1. The summed E-state index contributed by atoms with van der Waals surface area (Å²) in [5, 5.41) is 2.75. The Morgan fingerprint density at radius 1 is 1.31 bits per heavy atom. The van der Waals surface area contributed by atoms with Crippen LogP contribution in [0.3, 0.4) is 0 Å². The van der Waals surface area contributed by atoms with Gasteiger partial charge in [-0.3, -0.25) is 9.36 Å². The number of hydrogen-bond donors (Lipinski definition) is 1. The third kappa shape index (κ3) is 4.75. The number of carbonyl (C=O) groups is 2. The van der Waals surface area contributed by atoms with Crippen molar-refractivity contribution in [2.75, 3.05) is 13.7 Å². The summed E-state index contributed by atoms with van der Waals surface area (Å²) in [4.78, 5) is 33.1. The third-order valence-corrected chi connectivity index (χ3v) is 5.01. The summed E-state index contributed by atoms with van der Waals surface area (Å²) < 4.78 is 12.1. The summed E-state index contributed by atoms with van der Waals surface area (Å²) in [5.41, 5.74) is -0.548. The first-order valence-corrected chi connectivity index (χ1v) is 9.77. The van der Waals surface area contributed by atoms with E-state index < -0.39 is 17.1 Å². The van der Waals surface area contributed by atoms with Gasteiger partial charge >= 0.3 is 12.1 Å². The zero-order valence-corrected chi connectivity index (χ0v) is 17.3. The number of rotatable bonds is 7. The van der Waals surface area contributed by atoms with Gasteiger partial charge in [0.25, 0.3) is 0 Å². The van der Waals surface area contributed by atoms with Gasteiger partial charge in [-0.15, -0.1) is 0 Å². The van der Waals surface area contributed by atoms with Gasteiger partial charge in [0.1, 0.15) is 23.2 Å². The molecule has 0 unspecified atom stereocenters. The number of esters is 1. The van der Waals surface area contributed by atoms with E-state index >= 15 is 0 Å². The lowest BCUT2D eigenvalue weighted by Gasteiger charge is -2.19. The highest BCUT2D eigenvalue weighted by molar-refractivity contribution is 5.86. The van der Waals surface area contributed by atoms with Crippen LogP contribution in [0.25, 0.3) is 5.82 Å². The van der Waals surface area contributed by atoms with E-state index in [0.717, 1.165) is 18.7 Å². The predicted octanol–water partition coefficient (Wildman–Crippen LogP) is 3.00. The van der Waals surface area contributed by atoms with Crippen LogP contribution in [-0.4, -0.2) is 45.9 Å². The number of hydrogen-bond acceptors (Lipinski definition) is 6. The maximum Gasteiger partial charge on any atom is 0.407 e. The second kappa shape index (κ2) is 8.23. The number of alkyl carbamates (subject to hydrolysis) is 1. The molecular formula is C21H28N4O4. The van der Waals surface area contributed by atoms with Gasteiger partial charge in [0.05, 0.1) is 12.8 Å². The molecule has 1 amide bonds. The van der Waals surface area contributed by atoms with Gasteiger partial charge in [0, 0.05) is 18.9 Å². The van der Waals surface area contributed by atoms with Crippen molar-refractivity contribution in [2.45, 2.75) is 51.0 Å². The van der Waals surface area contributed by atoms with Crippen LogP contribution >= 0.6 is 0 Å². The van der Waals surface area contributed by atoms with E-state index in [0.29, 0.717) is 18.7 Å². The Morgan fingerprint density at radius 2 is 2.10 bits per heavy atom. The summed E-state index contributed by atoms with van der Waals surface area (Å²) in [6, 6.07) is 5.62. The average Bonchev–Trinajstić information content (AvgIpc) is 3.19. The molecule has 2 atom stereocenters. The molecule has 0 saturated heterocycles. The van der Waals surface area contributed by atoms with Gasteiger partial charge in [-0.1, -0.05) is 6.07 Å². The zero-order chi connectivity index (χ0) is 21.1. The summed E-state index contributed by atoms with van der Waals surface area (Å²) in [7, 11) is 1.40. The maximum absolute atomic E-state index is 12.6. The zero-order valence-electron chi connectivity index (χ0n) is 17.3. The number of carbonyl (C=O) groups excluding carboxylic acids is 2. The van der Waals surface area contributed by atoms with Gasteiger partial charge in [-0.2, -0.15) is 0 Å². The molecule has 2 aromatic rings. The molecule has 2 aromatic heterocycles. The molecule has 0 aromatic carbocycles. The van der Waals surface area contributed by atoms with Gasteiger partial charge in [-0.05, 0) is 58.1 Å². The fourth-order valence-corrected chi connectivity index (χ4v) is 3.57. The van der Waals surface area contributed by atoms with Crippen molar-refractivity contribution < 1.29 is 19.1 Å². The van der Waals surface area contributed by atoms with Crippen LogP contribution in [0.5, 0.6) is 0 Å². The standard InChI is InChI=1S/C21H28N4O4/c1-20(2,3)29-19(27)23-11-7-8-15-12-21(15,18(26)28-4)16-13-25(14-24-16)17-9-5-6-10-22-17/h5-6,9-10,13-15H,7-8,11-12H2,1-4H3,(H,23,27)/t15-,21+/m0/s1. The Labute approximate surface area is 170 Å². The second-order valence-corrected chi connectivity index (χ2v) is 8.29. The number of amides is 1. The van der Waals surface area contributed by atoms with Crippen LogP contribution in [0.15, 0.2) is 36.9 Å². The molecule has 0 spiro atoms. The van der Waals surface area contributed by atoms with Gasteiger partial charge < -0.3 is 14.8 Å². The Kier molecular flexibility index (Phi) is 5.91. The molecule has 3 rings (SSSR count). The molecule has 156 valence electrons. The van der Waals surface area contributed by atoms with Crippen LogP contribution in [0.1, 0.15) is 45.7 Å². The van der Waals surface area contributed by atoms with Gasteiger partial charge in [-0.25, -0.2) is 14.8 Å². The summed E-state index contributed by atoms with van der Waals surface area (Å²) in [6.07, 6.45) is 7.00. The smallest absolute Gasteiger partial charge is 0.407 e. The molecule has 1 aliphatic rings. The number of methoxy groups -OCH3 is 1. The Balaban J connectivity index is 1.60. The molecule has 8 heteroatoms. The quantitative estimate of drug-likeness (QED) is 0.567. The third-order valence-electron chi connectivity index (χ3n) is 5.01. The second-order valence-electron chi connectivity index (χ2n) is 8.29. The molecule has 1 N–H and O–H groups in total. The van der Waals surface area contributed by atoms with Crippen LogP contribution in [0, 0.1) is 5.92 Å². The molecule has 2 heterocycles. The van der Waals surface area contributed by atoms with E-state index in [1.54, 1.807) is 17.1 Å². The molecule has 1 fully saturated rings. The topological polar surface area (TPSA) is 95.3 Å². The molecule has 0 radical (unpaired) electrons. The van der Waals surface area contributed by atoms with Crippen molar-refractivity contribution in [3.63, 3.8) is 0 Å². The predicted molar refractivity (Wildman–Crippen MR) is 107 cm³/mol. The number of aromatic nitrogens is 3. The van der Waals surface area contributed by atoms with E-state index in [-0.39, 0.29) is 11.9 Å². The van der Waals surface area contributed by atoms with Crippen molar-refractivity contribution in [1.29, 1.82) is 0 Å². The SMILES string of the molecule is COC(=O)[C@]1(c2cn(-c3ccccn3)cn2)C[C@@H]1CCCNC(=O)OC(C)(C)C. The van der Waals surface area contributed by atoms with E-state index in [2.05, 4.69) is 15.3 Å². The highest BCUT2D eigenvalue weighted by Crippen LogP contribution is 2.56. The van der Waals surface area contributed by atoms with Crippen molar-refractivity contribution in [1.82, 2.24) is 19.9 Å². The molecule has 8 nitrogen and oxygen atoms in total. The first-order valence-electron chi connectivity index (χ1n) is 9.77. The Hall–Kier alpha value is -2.90. The highest BCUT2D eigenvalue weighted by Gasteiger charge is 2.63. The lowest BCUT2D eigenvalue weighted by atomic mass is 9.97. The minimum atomic E-state index is -0.722. The summed E-state index contributed by atoms with van der Waals surface area (Å²) >= 11 is 0. The number of ether oxygens (including phenoxy) is 2. The molecule has 0 aliphatic heterocycles. The fraction of sp³-hybridized carbons (Fsp3) is 0.524. The van der Waals surface area contributed by atoms with E-state index in [4.69, 9.17) is 9.47 Å². The number of imidazole rings is 1. The minimum absolute atomic E-state index is 0.127. The van der Waals surface area contributed by atoms with E-state index in [9.17, 15) is 9.59 Å². The average molecular weight is 400 g/mol. The minimum Gasteiger partial charge on any atom is -0.468 e. The highest BCUT2D eigenvalue weighted by atomic mass is 16.6. The Morgan fingerprint density at radius 3 is 2.76 bits per heavy atom. The monoisotopic (exact) mass is 400 g/mol. The summed E-state index contributed by atoms with van der Waals surface area (Å²) in [5.74, 6) is 0.598. The normalized spacial score (nSPS) is 20.8. The van der Waals surface area contributed by atoms with Crippen LogP contribution in [0.2, 0.25) is 0 Å². The van der Waals surface area contributed by atoms with Crippen LogP contribution in [0.4, 0.5) is 4.79 Å². The van der Waals surface area contributed by atoms with Crippen molar-refractivity contribution in [3.05, 3.63) is 42.6 Å². The fourth-order valence-electron chi connectivity index (χ4n) is 3.57. The lowest BCUT2D eigenvalue weighted by Crippen LogP contribution is -2.33.